The molecule has 1 N–H and O–H groups in total. The van der Waals surface area contributed by atoms with Crippen molar-refractivity contribution in [3.8, 4) is 11.6 Å². The van der Waals surface area contributed by atoms with Gasteiger partial charge in [0.25, 0.3) is 0 Å². The highest BCUT2D eigenvalue weighted by atomic mass is 32.1. The Labute approximate surface area is 181 Å². The van der Waals surface area contributed by atoms with E-state index in [0.717, 1.165) is 27.5 Å². The van der Waals surface area contributed by atoms with E-state index < -0.39 is 0 Å². The number of aliphatic imine (C=N–C) groups is 1. The molecule has 4 aromatic rings. The normalized spacial score (nSPS) is 13.5. The lowest BCUT2D eigenvalue weighted by atomic mass is 10.2. The highest BCUT2D eigenvalue weighted by Crippen LogP contribution is 2.24. The molecular weight excluding hydrogens is 411 g/mol. The number of hydrogen-bond donors (Lipinski definition) is 1. The van der Waals surface area contributed by atoms with Gasteiger partial charge in [-0.3, -0.25) is 9.56 Å². The van der Waals surface area contributed by atoms with E-state index in [1.165, 1.54) is 29.8 Å². The second kappa shape index (κ2) is 8.12. The molecule has 0 atom stereocenters. The summed E-state index contributed by atoms with van der Waals surface area (Å²) in [5, 5.41) is 12.8. The first-order valence-electron chi connectivity index (χ1n) is 9.65. The van der Waals surface area contributed by atoms with E-state index >= 15 is 0 Å². The first kappa shape index (κ1) is 19.1. The average Bonchev–Trinajstić information content (AvgIpc) is 3.38. The van der Waals surface area contributed by atoms with Crippen LogP contribution < -0.4 is 15.4 Å². The van der Waals surface area contributed by atoms with E-state index in [-0.39, 0.29) is 11.7 Å². The molecule has 0 saturated heterocycles. The molecule has 1 aromatic heterocycles. The van der Waals surface area contributed by atoms with Crippen LogP contribution in [0.3, 0.4) is 0 Å². The van der Waals surface area contributed by atoms with E-state index in [1.807, 2.05) is 54.6 Å². The van der Waals surface area contributed by atoms with Crippen LogP contribution in [0.1, 0.15) is 10.4 Å². The maximum Gasteiger partial charge on any atom is 0.215 e. The van der Waals surface area contributed by atoms with Gasteiger partial charge < -0.3 is 5.11 Å². The summed E-state index contributed by atoms with van der Waals surface area (Å²) in [7, 11) is 0. The van der Waals surface area contributed by atoms with Gasteiger partial charge in [0.1, 0.15) is 12.2 Å². The summed E-state index contributed by atoms with van der Waals surface area (Å²) in [5.41, 5.74) is 2.51. The van der Waals surface area contributed by atoms with Crippen LogP contribution >= 0.6 is 11.3 Å². The van der Waals surface area contributed by atoms with Crippen molar-refractivity contribution in [2.24, 2.45) is 15.0 Å². The van der Waals surface area contributed by atoms with Gasteiger partial charge in [0, 0.05) is 0 Å². The lowest BCUT2D eigenvalue weighted by Crippen LogP contribution is -2.12. The number of benzene rings is 3. The van der Waals surface area contributed by atoms with Crippen LogP contribution in [-0.2, 0) is 6.54 Å². The second-order valence-electron chi connectivity index (χ2n) is 6.95. The molecule has 3 aromatic carbocycles. The summed E-state index contributed by atoms with van der Waals surface area (Å²) in [6.45, 7) is 0.377. The van der Waals surface area contributed by atoms with Gasteiger partial charge in [-0.2, -0.15) is 0 Å². The molecular formula is C24H17FN4OS. The molecule has 5 nitrogen and oxygen atoms in total. The van der Waals surface area contributed by atoms with Gasteiger partial charge in [-0.1, -0.05) is 47.7 Å². The number of fused-ring (bicyclic) bond motifs is 1. The predicted octanol–water partition coefficient (Wildman–Crippen LogP) is 3.61. The Morgan fingerprint density at radius 3 is 2.65 bits per heavy atom. The molecule has 0 fully saturated rings. The third-order valence-electron chi connectivity index (χ3n) is 4.84. The molecule has 0 aliphatic carbocycles. The summed E-state index contributed by atoms with van der Waals surface area (Å²) in [6, 6.07) is 21.6. The Hall–Kier alpha value is -3.84. The molecule has 7 heteroatoms. The maximum absolute atomic E-state index is 13.2. The third kappa shape index (κ3) is 3.95. The van der Waals surface area contributed by atoms with Crippen LogP contribution in [0.2, 0.25) is 0 Å². The van der Waals surface area contributed by atoms with Crippen molar-refractivity contribution in [1.82, 2.24) is 4.57 Å². The standard InChI is InChI=1S/C24H17FN4OS/c25-18-9-6-16(7-10-18)14-26-24-29(19-4-2-1-3-5-19)23(30)22(31-24)13-17-8-11-20-21(12-17)28-15-27-20/h1-13,15,30H,14H2. The van der Waals surface area contributed by atoms with Gasteiger partial charge >= 0.3 is 0 Å². The van der Waals surface area contributed by atoms with Crippen LogP contribution in [-0.4, -0.2) is 16.0 Å². The van der Waals surface area contributed by atoms with Gasteiger partial charge in [0.05, 0.1) is 28.2 Å². The molecule has 5 rings (SSSR count). The van der Waals surface area contributed by atoms with Crippen molar-refractivity contribution in [2.75, 3.05) is 0 Å². The quantitative estimate of drug-likeness (QED) is 0.530. The fraction of sp³-hybridized carbons (Fsp3) is 0.0417. The Balaban J connectivity index is 1.62. The molecule has 152 valence electrons. The fourth-order valence-corrected chi connectivity index (χ4v) is 4.28. The smallest absolute Gasteiger partial charge is 0.215 e. The van der Waals surface area contributed by atoms with Crippen molar-refractivity contribution >= 4 is 29.4 Å². The van der Waals surface area contributed by atoms with Crippen molar-refractivity contribution < 1.29 is 9.50 Å². The molecule has 0 amide bonds. The van der Waals surface area contributed by atoms with Crippen molar-refractivity contribution in [3.05, 3.63) is 104 Å². The van der Waals surface area contributed by atoms with Crippen LogP contribution in [0.25, 0.3) is 11.8 Å². The zero-order valence-corrected chi connectivity index (χ0v) is 17.1. The lowest BCUT2D eigenvalue weighted by molar-refractivity contribution is 0.439. The zero-order chi connectivity index (χ0) is 21.2. The Kier molecular flexibility index (Phi) is 5.01. The number of rotatable bonds is 4. The van der Waals surface area contributed by atoms with Crippen LogP contribution in [0, 0.1) is 5.82 Å². The van der Waals surface area contributed by atoms with Crippen molar-refractivity contribution in [3.63, 3.8) is 0 Å². The zero-order valence-electron chi connectivity index (χ0n) is 16.3. The summed E-state index contributed by atoms with van der Waals surface area (Å²) in [5.74, 6) is -0.164. The van der Waals surface area contributed by atoms with Crippen LogP contribution in [0.5, 0.6) is 5.88 Å². The molecule has 0 unspecified atom stereocenters. The summed E-state index contributed by atoms with van der Waals surface area (Å²) in [6.07, 6.45) is 3.44. The van der Waals surface area contributed by atoms with Gasteiger partial charge in [-0.25, -0.2) is 14.4 Å². The Morgan fingerprint density at radius 2 is 1.84 bits per heavy atom. The van der Waals surface area contributed by atoms with E-state index in [9.17, 15) is 9.50 Å². The van der Waals surface area contributed by atoms with Gasteiger partial charge in [0.15, 0.2) is 4.80 Å². The van der Waals surface area contributed by atoms with Crippen LogP contribution in [0.4, 0.5) is 10.1 Å². The maximum atomic E-state index is 13.2. The Morgan fingerprint density at radius 1 is 1.03 bits per heavy atom. The molecule has 0 radical (unpaired) electrons. The second-order valence-corrected chi connectivity index (χ2v) is 7.96. The SMILES string of the molecule is Oc1c(C=c2ccc3c(c2)N=CN=3)sc(=NCc2ccc(F)cc2)n1-c1ccccc1. The number of aromatic hydroxyl groups is 1. The number of nitrogens with zero attached hydrogens (tertiary/aromatic N) is 4. The summed E-state index contributed by atoms with van der Waals surface area (Å²) in [4.78, 5) is 14.5. The van der Waals surface area contributed by atoms with Crippen LogP contribution in [0.15, 0.2) is 87.8 Å². The lowest BCUT2D eigenvalue weighted by Gasteiger charge is -2.05. The highest BCUT2D eigenvalue weighted by Gasteiger charge is 2.13. The molecule has 2 heterocycles. The predicted molar refractivity (Wildman–Crippen MR) is 120 cm³/mol. The van der Waals surface area contributed by atoms with E-state index in [4.69, 9.17) is 4.99 Å². The third-order valence-corrected chi connectivity index (χ3v) is 5.85. The molecule has 0 saturated carbocycles. The van der Waals surface area contributed by atoms with Crippen molar-refractivity contribution in [1.29, 1.82) is 0 Å². The monoisotopic (exact) mass is 428 g/mol. The minimum Gasteiger partial charge on any atom is -0.493 e. The number of halogens is 1. The molecule has 31 heavy (non-hydrogen) atoms. The fourth-order valence-electron chi connectivity index (χ4n) is 3.29. The first-order valence-corrected chi connectivity index (χ1v) is 10.5. The molecule has 0 bridgehead atoms. The number of thiazole rings is 1. The van der Waals surface area contributed by atoms with Gasteiger partial charge in [-0.15, -0.1) is 0 Å². The summed E-state index contributed by atoms with van der Waals surface area (Å²) < 4.78 is 14.9. The number of hydrogen-bond acceptors (Lipinski definition) is 5. The highest BCUT2D eigenvalue weighted by molar-refractivity contribution is 7.10. The number of para-hydroxylation sites is 1. The van der Waals surface area contributed by atoms with E-state index in [1.54, 1.807) is 16.7 Å². The van der Waals surface area contributed by atoms with E-state index in [2.05, 4.69) is 9.98 Å². The largest absolute Gasteiger partial charge is 0.493 e. The summed E-state index contributed by atoms with van der Waals surface area (Å²) >= 11 is 1.39. The molecule has 0 spiro atoms. The molecule has 1 aliphatic rings. The number of aromatic nitrogens is 1. The van der Waals surface area contributed by atoms with Gasteiger partial charge in [0.2, 0.25) is 5.88 Å². The first-order chi connectivity index (χ1) is 15.2. The van der Waals surface area contributed by atoms with Gasteiger partial charge in [-0.05, 0) is 53.3 Å². The average molecular weight is 428 g/mol. The van der Waals surface area contributed by atoms with E-state index in [0.29, 0.717) is 16.2 Å². The minimum atomic E-state index is -0.278. The molecule has 1 aliphatic heterocycles. The minimum absolute atomic E-state index is 0.114. The Bertz CT molecular complexity index is 1470. The van der Waals surface area contributed by atoms with Crippen molar-refractivity contribution in [2.45, 2.75) is 6.54 Å². The topological polar surface area (TPSA) is 62.2 Å².